The quantitative estimate of drug-likeness (QED) is 0.420. The summed E-state index contributed by atoms with van der Waals surface area (Å²) in [6.45, 7) is 3.67. The van der Waals surface area contributed by atoms with E-state index in [1.807, 2.05) is 18.2 Å². The molecular formula is C30H33N5O2. The molecule has 3 saturated heterocycles. The number of anilines is 1. The molecule has 190 valence electrons. The van der Waals surface area contributed by atoms with Crippen molar-refractivity contribution in [2.45, 2.75) is 43.8 Å². The van der Waals surface area contributed by atoms with E-state index in [1.165, 1.54) is 19.3 Å². The molecule has 7 heteroatoms. The maximum Gasteiger partial charge on any atom is 0.319 e. The largest absolute Gasteiger partial charge is 0.507 e. The van der Waals surface area contributed by atoms with E-state index >= 15 is 0 Å². The van der Waals surface area contributed by atoms with Gasteiger partial charge >= 0.3 is 6.01 Å². The van der Waals surface area contributed by atoms with Crippen molar-refractivity contribution in [3.63, 3.8) is 0 Å². The van der Waals surface area contributed by atoms with Gasteiger partial charge in [0.25, 0.3) is 0 Å². The molecule has 3 aliphatic heterocycles. The molecule has 1 aromatic heterocycles. The minimum atomic E-state index is 0.272. The van der Waals surface area contributed by atoms with Gasteiger partial charge in [-0.05, 0) is 73.8 Å². The van der Waals surface area contributed by atoms with Crippen LogP contribution in [0.3, 0.4) is 0 Å². The lowest BCUT2D eigenvalue weighted by Gasteiger charge is -2.37. The van der Waals surface area contributed by atoms with Crippen LogP contribution in [0.25, 0.3) is 32.8 Å². The van der Waals surface area contributed by atoms with Gasteiger partial charge in [-0.2, -0.15) is 9.97 Å². The molecule has 0 aliphatic carbocycles. The first-order valence-electron chi connectivity index (χ1n) is 13.5. The van der Waals surface area contributed by atoms with E-state index in [4.69, 9.17) is 14.7 Å². The van der Waals surface area contributed by atoms with Crippen molar-refractivity contribution in [2.24, 2.45) is 0 Å². The van der Waals surface area contributed by atoms with Crippen molar-refractivity contribution >= 4 is 27.5 Å². The SMILES string of the molecule is CN1CCC[C@H]1COc1nc(N2[C@@H]3CC[C@H]2CNC3)c2ccc(-c3c(O)ccc4ccccc34)cc2n1. The molecule has 3 fully saturated rings. The Hall–Kier alpha value is -3.42. The lowest BCUT2D eigenvalue weighted by Crippen LogP contribution is -2.52. The maximum atomic E-state index is 10.9. The number of aromatic hydroxyl groups is 1. The molecule has 4 aromatic rings. The molecule has 0 unspecified atom stereocenters. The van der Waals surface area contributed by atoms with Gasteiger partial charge in [-0.25, -0.2) is 0 Å². The van der Waals surface area contributed by atoms with Crippen LogP contribution in [0.5, 0.6) is 11.8 Å². The number of aromatic nitrogens is 2. The lowest BCUT2D eigenvalue weighted by atomic mass is 9.96. The van der Waals surface area contributed by atoms with Gasteiger partial charge in [0.15, 0.2) is 0 Å². The van der Waals surface area contributed by atoms with E-state index in [-0.39, 0.29) is 5.75 Å². The minimum absolute atomic E-state index is 0.272. The Kier molecular flexibility index (Phi) is 5.63. The lowest BCUT2D eigenvalue weighted by molar-refractivity contribution is 0.188. The average molecular weight is 496 g/mol. The Morgan fingerprint density at radius 2 is 1.81 bits per heavy atom. The molecular weight excluding hydrogens is 462 g/mol. The molecule has 3 aromatic carbocycles. The zero-order chi connectivity index (χ0) is 24.9. The summed E-state index contributed by atoms with van der Waals surface area (Å²) >= 11 is 0. The Balaban J connectivity index is 1.35. The van der Waals surface area contributed by atoms with Crippen molar-refractivity contribution in [3.05, 3.63) is 54.6 Å². The Labute approximate surface area is 217 Å². The number of nitrogens with one attached hydrogen (secondary N) is 1. The number of hydrogen-bond acceptors (Lipinski definition) is 7. The van der Waals surface area contributed by atoms with Crippen molar-refractivity contribution in [3.8, 4) is 22.9 Å². The zero-order valence-electron chi connectivity index (χ0n) is 21.2. The summed E-state index contributed by atoms with van der Waals surface area (Å²) in [5.74, 6) is 1.25. The summed E-state index contributed by atoms with van der Waals surface area (Å²) in [6, 6.07) is 19.9. The van der Waals surface area contributed by atoms with E-state index in [0.717, 1.165) is 64.7 Å². The Bertz CT molecular complexity index is 1460. The molecule has 3 aliphatic rings. The summed E-state index contributed by atoms with van der Waals surface area (Å²) < 4.78 is 6.27. The van der Waals surface area contributed by atoms with Crippen LogP contribution < -0.4 is 15.0 Å². The fourth-order valence-corrected chi connectivity index (χ4v) is 6.56. The molecule has 3 atom stereocenters. The van der Waals surface area contributed by atoms with Crippen LogP contribution in [0.4, 0.5) is 5.82 Å². The first kappa shape index (κ1) is 22.8. The third kappa shape index (κ3) is 3.97. The molecule has 37 heavy (non-hydrogen) atoms. The number of benzene rings is 3. The van der Waals surface area contributed by atoms with E-state index in [1.54, 1.807) is 6.07 Å². The van der Waals surface area contributed by atoms with Crippen LogP contribution in [0.2, 0.25) is 0 Å². The number of phenolic OH excluding ortho intramolecular Hbond substituents is 1. The number of nitrogens with zero attached hydrogens (tertiary/aromatic N) is 4. The molecule has 0 amide bonds. The number of hydrogen-bond donors (Lipinski definition) is 2. The smallest absolute Gasteiger partial charge is 0.319 e. The average Bonchev–Trinajstić information content (AvgIpc) is 3.44. The molecule has 0 saturated carbocycles. The predicted molar refractivity (Wildman–Crippen MR) is 147 cm³/mol. The number of rotatable bonds is 5. The maximum absolute atomic E-state index is 10.9. The molecule has 7 rings (SSSR count). The normalized spacial score (nSPS) is 23.8. The van der Waals surface area contributed by atoms with E-state index < -0.39 is 0 Å². The summed E-state index contributed by atoms with van der Waals surface area (Å²) in [5.41, 5.74) is 2.62. The van der Waals surface area contributed by atoms with Crippen LogP contribution >= 0.6 is 0 Å². The van der Waals surface area contributed by atoms with Crippen molar-refractivity contribution in [1.82, 2.24) is 20.2 Å². The number of likely N-dealkylation sites (tertiary alicyclic amines) is 1. The molecule has 2 N–H and O–H groups in total. The van der Waals surface area contributed by atoms with Gasteiger partial charge in [0.05, 0.1) is 5.52 Å². The highest BCUT2D eigenvalue weighted by atomic mass is 16.5. The van der Waals surface area contributed by atoms with Crippen LogP contribution in [0.15, 0.2) is 54.6 Å². The highest BCUT2D eigenvalue weighted by Gasteiger charge is 2.38. The number of likely N-dealkylation sites (N-methyl/N-ethyl adjacent to an activating group) is 1. The standard InChI is InChI=1S/C30H33N5O2/c1-34-14-4-6-23(34)18-37-30-32-26-15-20(28-24-7-3-2-5-19(24)9-13-27(28)36)8-12-25(26)29(33-30)35-21-10-11-22(35)17-31-16-21/h2-3,5,7-9,12-13,15,21-23,31,36H,4,6,10-11,14,16-18H2,1H3/t21-,22+,23-/m0/s1. The molecule has 0 spiro atoms. The third-order valence-electron chi connectivity index (χ3n) is 8.55. The van der Waals surface area contributed by atoms with Crippen molar-refractivity contribution in [1.29, 1.82) is 0 Å². The van der Waals surface area contributed by atoms with Gasteiger partial charge < -0.3 is 25.0 Å². The van der Waals surface area contributed by atoms with Crippen molar-refractivity contribution in [2.75, 3.05) is 38.2 Å². The predicted octanol–water partition coefficient (Wildman–Crippen LogP) is 4.57. The van der Waals surface area contributed by atoms with Crippen molar-refractivity contribution < 1.29 is 9.84 Å². The summed E-state index contributed by atoms with van der Waals surface area (Å²) in [6.07, 6.45) is 4.70. The van der Waals surface area contributed by atoms with Gasteiger partial charge in [0.2, 0.25) is 0 Å². The first-order chi connectivity index (χ1) is 18.2. The number of ether oxygens (including phenoxy) is 1. The van der Waals surface area contributed by atoms with E-state index in [0.29, 0.717) is 30.7 Å². The fourth-order valence-electron chi connectivity index (χ4n) is 6.56. The van der Waals surface area contributed by atoms with Crippen LogP contribution in [0, 0.1) is 0 Å². The second kappa shape index (κ2) is 9.15. The molecule has 2 bridgehead atoms. The first-order valence-corrected chi connectivity index (χ1v) is 13.5. The summed E-state index contributed by atoms with van der Waals surface area (Å²) in [5, 5.41) is 17.6. The third-order valence-corrected chi connectivity index (χ3v) is 8.55. The van der Waals surface area contributed by atoms with Gasteiger partial charge in [-0.1, -0.05) is 36.4 Å². The highest BCUT2D eigenvalue weighted by molar-refractivity contribution is 6.02. The molecule has 0 radical (unpaired) electrons. The number of fused-ring (bicyclic) bond motifs is 4. The number of piperazine rings is 1. The minimum Gasteiger partial charge on any atom is -0.507 e. The van der Waals surface area contributed by atoms with Crippen LogP contribution in [-0.4, -0.2) is 71.4 Å². The van der Waals surface area contributed by atoms with Gasteiger partial charge in [0.1, 0.15) is 18.2 Å². The van der Waals surface area contributed by atoms with Gasteiger partial charge in [-0.15, -0.1) is 0 Å². The van der Waals surface area contributed by atoms with Gasteiger partial charge in [-0.3, -0.25) is 0 Å². The second-order valence-corrected chi connectivity index (χ2v) is 10.8. The Morgan fingerprint density at radius 3 is 2.62 bits per heavy atom. The van der Waals surface area contributed by atoms with Crippen LogP contribution in [-0.2, 0) is 0 Å². The van der Waals surface area contributed by atoms with Gasteiger partial charge in [0, 0.05) is 42.2 Å². The molecule has 7 nitrogen and oxygen atoms in total. The highest BCUT2D eigenvalue weighted by Crippen LogP contribution is 2.40. The second-order valence-electron chi connectivity index (χ2n) is 10.8. The summed E-state index contributed by atoms with van der Waals surface area (Å²) in [7, 11) is 2.16. The fraction of sp³-hybridized carbons (Fsp3) is 0.400. The zero-order valence-corrected chi connectivity index (χ0v) is 21.2. The number of phenols is 1. The Morgan fingerprint density at radius 1 is 0.973 bits per heavy atom. The van der Waals surface area contributed by atoms with E-state index in [9.17, 15) is 5.11 Å². The topological polar surface area (TPSA) is 73.8 Å². The monoisotopic (exact) mass is 495 g/mol. The van der Waals surface area contributed by atoms with E-state index in [2.05, 4.69) is 52.5 Å². The summed E-state index contributed by atoms with van der Waals surface area (Å²) in [4.78, 5) is 14.8. The van der Waals surface area contributed by atoms with Crippen LogP contribution in [0.1, 0.15) is 25.7 Å². The molecule has 4 heterocycles.